The van der Waals surface area contributed by atoms with Gasteiger partial charge in [0.2, 0.25) is 5.91 Å². The second-order valence-electron chi connectivity index (χ2n) is 4.85. The van der Waals surface area contributed by atoms with Gasteiger partial charge in [-0.15, -0.1) is 0 Å². The average molecular weight is 359 g/mol. The molecule has 1 heterocycles. The van der Waals surface area contributed by atoms with Crippen molar-refractivity contribution in [3.05, 3.63) is 70.6 Å². The maximum Gasteiger partial charge on any atom is 0.230 e. The number of carbonyl (C=O) groups excluding carboxylic acids is 1. The molecule has 2 aromatic carbocycles. The molecule has 3 aromatic rings. The monoisotopic (exact) mass is 358 g/mol. The van der Waals surface area contributed by atoms with Crippen LogP contribution < -0.4 is 5.32 Å². The van der Waals surface area contributed by atoms with Gasteiger partial charge >= 0.3 is 0 Å². The summed E-state index contributed by atoms with van der Waals surface area (Å²) in [6.07, 6.45) is 0.161. The van der Waals surface area contributed by atoms with Crippen molar-refractivity contribution in [2.45, 2.75) is 6.42 Å². The van der Waals surface area contributed by atoms with E-state index in [1.165, 1.54) is 24.3 Å². The largest absolute Gasteiger partial charge is 0.326 e. The maximum absolute atomic E-state index is 12.8. The topological polar surface area (TPSA) is 42.0 Å². The predicted octanol–water partition coefficient (Wildman–Crippen LogP) is 4.32. The smallest absolute Gasteiger partial charge is 0.230 e. The van der Waals surface area contributed by atoms with Gasteiger partial charge in [-0.05, 0) is 52.3 Å². The Hall–Kier alpha value is -2.27. The van der Waals surface area contributed by atoms with E-state index in [0.717, 1.165) is 15.4 Å². The van der Waals surface area contributed by atoms with Crippen LogP contribution in [0, 0.1) is 5.82 Å². The van der Waals surface area contributed by atoms with Crippen LogP contribution in [0.25, 0.3) is 10.9 Å². The summed E-state index contributed by atoms with van der Waals surface area (Å²) in [5.41, 5.74) is 2.07. The van der Waals surface area contributed by atoms with Gasteiger partial charge in [0.05, 0.1) is 17.6 Å². The summed E-state index contributed by atoms with van der Waals surface area (Å²) in [6, 6.07) is 15.3. The highest BCUT2D eigenvalue weighted by atomic mass is 79.9. The molecule has 0 aliphatic carbocycles. The number of benzene rings is 2. The standard InChI is InChI=1S/C17H12BrFN2O/c18-15-3-1-2-11-4-7-14(21-17(11)15)10-16(22)20-13-8-5-12(19)6-9-13/h1-9H,10H2,(H,20,22). The van der Waals surface area contributed by atoms with Crippen LogP contribution in [0.1, 0.15) is 5.69 Å². The molecule has 0 saturated carbocycles. The molecule has 1 N–H and O–H groups in total. The van der Waals surface area contributed by atoms with Crippen LogP contribution in [0.3, 0.4) is 0 Å². The molecule has 0 saturated heterocycles. The minimum absolute atomic E-state index is 0.161. The molecular formula is C17H12BrFN2O. The third kappa shape index (κ3) is 3.31. The Kier molecular flexibility index (Phi) is 4.15. The Balaban J connectivity index is 1.76. The lowest BCUT2D eigenvalue weighted by atomic mass is 10.1. The van der Waals surface area contributed by atoms with Crippen molar-refractivity contribution in [2.75, 3.05) is 5.32 Å². The summed E-state index contributed by atoms with van der Waals surface area (Å²) in [7, 11) is 0. The first-order chi connectivity index (χ1) is 10.6. The molecule has 5 heteroatoms. The number of fused-ring (bicyclic) bond motifs is 1. The van der Waals surface area contributed by atoms with Gasteiger partial charge in [0.25, 0.3) is 0 Å². The van der Waals surface area contributed by atoms with E-state index in [0.29, 0.717) is 11.4 Å². The van der Waals surface area contributed by atoms with Crippen molar-refractivity contribution in [1.29, 1.82) is 0 Å². The molecule has 0 radical (unpaired) electrons. The van der Waals surface area contributed by atoms with Crippen LogP contribution >= 0.6 is 15.9 Å². The molecule has 0 bridgehead atoms. The summed E-state index contributed by atoms with van der Waals surface area (Å²) >= 11 is 3.46. The molecule has 0 aliphatic rings. The van der Waals surface area contributed by atoms with Gasteiger partial charge in [0.15, 0.2) is 0 Å². The van der Waals surface area contributed by atoms with Crippen molar-refractivity contribution >= 4 is 38.4 Å². The van der Waals surface area contributed by atoms with E-state index in [4.69, 9.17) is 0 Å². The van der Waals surface area contributed by atoms with Crippen molar-refractivity contribution in [2.24, 2.45) is 0 Å². The fraction of sp³-hybridized carbons (Fsp3) is 0.0588. The zero-order chi connectivity index (χ0) is 15.5. The SMILES string of the molecule is O=C(Cc1ccc2cccc(Br)c2n1)Nc1ccc(F)cc1. The number of pyridine rings is 1. The van der Waals surface area contributed by atoms with E-state index >= 15 is 0 Å². The van der Waals surface area contributed by atoms with Gasteiger partial charge in [-0.2, -0.15) is 0 Å². The fourth-order valence-electron chi connectivity index (χ4n) is 2.15. The molecule has 0 aliphatic heterocycles. The highest BCUT2D eigenvalue weighted by Gasteiger charge is 2.07. The van der Waals surface area contributed by atoms with E-state index in [1.807, 2.05) is 30.3 Å². The number of hydrogen-bond acceptors (Lipinski definition) is 2. The Morgan fingerprint density at radius 1 is 1.09 bits per heavy atom. The first kappa shape index (κ1) is 14.7. The molecule has 0 fully saturated rings. The molecule has 22 heavy (non-hydrogen) atoms. The fourth-order valence-corrected chi connectivity index (χ4v) is 2.62. The number of nitrogens with zero attached hydrogens (tertiary/aromatic N) is 1. The Bertz CT molecular complexity index is 834. The highest BCUT2D eigenvalue weighted by Crippen LogP contribution is 2.22. The Morgan fingerprint density at radius 3 is 2.64 bits per heavy atom. The summed E-state index contributed by atoms with van der Waals surface area (Å²) in [5.74, 6) is -0.524. The van der Waals surface area contributed by atoms with Gasteiger partial charge in [-0.3, -0.25) is 9.78 Å². The predicted molar refractivity (Wildman–Crippen MR) is 88.2 cm³/mol. The zero-order valence-electron chi connectivity index (χ0n) is 11.5. The zero-order valence-corrected chi connectivity index (χ0v) is 13.1. The van der Waals surface area contributed by atoms with Crippen molar-refractivity contribution < 1.29 is 9.18 Å². The Morgan fingerprint density at radius 2 is 1.86 bits per heavy atom. The van der Waals surface area contributed by atoms with E-state index in [2.05, 4.69) is 26.2 Å². The number of halogens is 2. The van der Waals surface area contributed by atoms with Crippen LogP contribution in [0.5, 0.6) is 0 Å². The number of anilines is 1. The molecule has 0 atom stereocenters. The molecule has 1 aromatic heterocycles. The number of hydrogen-bond donors (Lipinski definition) is 1. The molecule has 3 nitrogen and oxygen atoms in total. The van der Waals surface area contributed by atoms with E-state index in [9.17, 15) is 9.18 Å². The minimum atomic E-state index is -0.334. The first-order valence-corrected chi connectivity index (χ1v) is 7.51. The normalized spacial score (nSPS) is 10.6. The van der Waals surface area contributed by atoms with Crippen LogP contribution in [-0.2, 0) is 11.2 Å². The van der Waals surface area contributed by atoms with Crippen molar-refractivity contribution in [1.82, 2.24) is 4.98 Å². The number of nitrogens with one attached hydrogen (secondary N) is 1. The molecule has 110 valence electrons. The van der Waals surface area contributed by atoms with Crippen molar-refractivity contribution in [3.63, 3.8) is 0 Å². The van der Waals surface area contributed by atoms with E-state index in [1.54, 1.807) is 0 Å². The van der Waals surface area contributed by atoms with E-state index < -0.39 is 0 Å². The molecule has 0 spiro atoms. The summed E-state index contributed by atoms with van der Waals surface area (Å²) in [4.78, 5) is 16.5. The second kappa shape index (κ2) is 6.23. The summed E-state index contributed by atoms with van der Waals surface area (Å²) < 4.78 is 13.7. The Labute approximate surface area is 135 Å². The van der Waals surface area contributed by atoms with Gasteiger partial charge in [-0.25, -0.2) is 4.39 Å². The average Bonchev–Trinajstić information content (AvgIpc) is 2.50. The molecule has 3 rings (SSSR count). The van der Waals surface area contributed by atoms with E-state index in [-0.39, 0.29) is 18.1 Å². The lowest BCUT2D eigenvalue weighted by Gasteiger charge is -2.06. The quantitative estimate of drug-likeness (QED) is 0.757. The summed E-state index contributed by atoms with van der Waals surface area (Å²) in [5, 5.41) is 3.73. The van der Waals surface area contributed by atoms with Crippen LogP contribution in [-0.4, -0.2) is 10.9 Å². The first-order valence-electron chi connectivity index (χ1n) is 6.71. The van der Waals surface area contributed by atoms with Gasteiger partial charge in [0, 0.05) is 15.5 Å². The lowest BCUT2D eigenvalue weighted by Crippen LogP contribution is -2.15. The third-order valence-electron chi connectivity index (χ3n) is 3.20. The third-order valence-corrected chi connectivity index (χ3v) is 3.84. The van der Waals surface area contributed by atoms with Crippen LogP contribution in [0.15, 0.2) is 59.1 Å². The van der Waals surface area contributed by atoms with Gasteiger partial charge in [-0.1, -0.05) is 18.2 Å². The minimum Gasteiger partial charge on any atom is -0.326 e. The van der Waals surface area contributed by atoms with Gasteiger partial charge < -0.3 is 5.32 Å². The maximum atomic E-state index is 12.8. The molecule has 0 unspecified atom stereocenters. The number of aromatic nitrogens is 1. The number of rotatable bonds is 3. The molecule has 1 amide bonds. The number of carbonyl (C=O) groups is 1. The van der Waals surface area contributed by atoms with Crippen LogP contribution in [0.2, 0.25) is 0 Å². The van der Waals surface area contributed by atoms with Gasteiger partial charge in [0.1, 0.15) is 5.82 Å². The highest BCUT2D eigenvalue weighted by molar-refractivity contribution is 9.10. The number of para-hydroxylation sites is 1. The second-order valence-corrected chi connectivity index (χ2v) is 5.70. The summed E-state index contributed by atoms with van der Waals surface area (Å²) in [6.45, 7) is 0. The number of amides is 1. The van der Waals surface area contributed by atoms with Crippen molar-refractivity contribution in [3.8, 4) is 0 Å². The lowest BCUT2D eigenvalue weighted by molar-refractivity contribution is -0.115. The van der Waals surface area contributed by atoms with Crippen LogP contribution in [0.4, 0.5) is 10.1 Å². The molecular weight excluding hydrogens is 347 g/mol.